The van der Waals surface area contributed by atoms with E-state index in [4.69, 9.17) is 11.6 Å². The van der Waals surface area contributed by atoms with Crippen molar-refractivity contribution in [2.45, 2.75) is 31.3 Å². The van der Waals surface area contributed by atoms with Crippen LogP contribution < -0.4 is 4.90 Å². The lowest BCUT2D eigenvalue weighted by atomic mass is 10.1. The van der Waals surface area contributed by atoms with E-state index in [1.165, 1.54) is 16.8 Å². The van der Waals surface area contributed by atoms with Crippen LogP contribution in [0.25, 0.3) is 0 Å². The number of aromatic nitrogens is 2. The van der Waals surface area contributed by atoms with E-state index in [1.807, 2.05) is 23.1 Å². The quantitative estimate of drug-likeness (QED) is 0.694. The van der Waals surface area contributed by atoms with Crippen LogP contribution in [0.4, 0.5) is 5.69 Å². The summed E-state index contributed by atoms with van der Waals surface area (Å²) in [4.78, 5) is 20.8. The van der Waals surface area contributed by atoms with Crippen molar-refractivity contribution in [3.63, 3.8) is 0 Å². The van der Waals surface area contributed by atoms with Crippen molar-refractivity contribution in [1.82, 2.24) is 18.8 Å². The first kappa shape index (κ1) is 21.1. The van der Waals surface area contributed by atoms with E-state index in [0.717, 1.165) is 37.2 Å². The maximum absolute atomic E-state index is 12.7. The first-order valence-electron chi connectivity index (χ1n) is 10.2. The number of piperazine rings is 1. The fourth-order valence-electron chi connectivity index (χ4n) is 4.00. The van der Waals surface area contributed by atoms with Gasteiger partial charge in [-0.15, -0.1) is 0 Å². The van der Waals surface area contributed by atoms with E-state index in [-0.39, 0.29) is 17.5 Å². The van der Waals surface area contributed by atoms with Crippen molar-refractivity contribution in [3.05, 3.63) is 41.3 Å². The number of sulfonamides is 1. The molecular weight excluding hydrogens is 426 g/mol. The maximum Gasteiger partial charge on any atom is 0.262 e. The van der Waals surface area contributed by atoms with E-state index >= 15 is 0 Å². The Morgan fingerprint density at radius 2 is 1.80 bits per heavy atom. The molecule has 2 saturated heterocycles. The number of hydrogen-bond acceptors (Lipinski definition) is 5. The molecule has 30 heavy (non-hydrogen) atoms. The Kier molecular flexibility index (Phi) is 6.04. The third-order valence-corrected chi connectivity index (χ3v) is 7.76. The van der Waals surface area contributed by atoms with Crippen LogP contribution in [-0.4, -0.2) is 72.3 Å². The van der Waals surface area contributed by atoms with Crippen molar-refractivity contribution in [1.29, 1.82) is 0 Å². The summed E-state index contributed by atoms with van der Waals surface area (Å²) in [5.41, 5.74) is 2.25. The van der Waals surface area contributed by atoms with Crippen LogP contribution >= 0.6 is 11.6 Å². The standard InChI is InChI=1S/C20H26ClN5O3S/c1-16-4-5-17(21)12-18(16)24-8-10-25(11-9-24)20(27)14-23-13-19(22-15-23)30(28,29)26-6-2-3-7-26/h4-5,12-13,15H,2-3,6-11,14H2,1H3. The number of benzene rings is 1. The number of halogens is 1. The highest BCUT2D eigenvalue weighted by atomic mass is 35.5. The molecule has 0 atom stereocenters. The lowest BCUT2D eigenvalue weighted by molar-refractivity contribution is -0.132. The summed E-state index contributed by atoms with van der Waals surface area (Å²) >= 11 is 6.14. The summed E-state index contributed by atoms with van der Waals surface area (Å²) in [7, 11) is -3.57. The molecule has 0 spiro atoms. The minimum atomic E-state index is -3.57. The Labute approximate surface area is 182 Å². The Bertz CT molecular complexity index is 1020. The first-order valence-corrected chi connectivity index (χ1v) is 12.0. The molecule has 0 radical (unpaired) electrons. The van der Waals surface area contributed by atoms with Crippen molar-refractivity contribution >= 4 is 33.2 Å². The van der Waals surface area contributed by atoms with Crippen LogP contribution in [0.3, 0.4) is 0 Å². The normalized spacial score (nSPS) is 18.2. The minimum absolute atomic E-state index is 0.0125. The van der Waals surface area contributed by atoms with E-state index in [0.29, 0.717) is 31.2 Å². The molecule has 2 aromatic rings. The third kappa shape index (κ3) is 4.33. The molecule has 0 saturated carbocycles. The minimum Gasteiger partial charge on any atom is -0.368 e. The predicted octanol–water partition coefficient (Wildman–Crippen LogP) is 1.98. The number of carbonyl (C=O) groups is 1. The van der Waals surface area contributed by atoms with Crippen LogP contribution in [0.2, 0.25) is 5.02 Å². The van der Waals surface area contributed by atoms with Gasteiger partial charge in [-0.2, -0.15) is 4.31 Å². The lowest BCUT2D eigenvalue weighted by Crippen LogP contribution is -2.49. The molecule has 1 aromatic heterocycles. The number of anilines is 1. The highest BCUT2D eigenvalue weighted by molar-refractivity contribution is 7.89. The summed E-state index contributed by atoms with van der Waals surface area (Å²) < 4.78 is 28.2. The number of rotatable bonds is 5. The van der Waals surface area contributed by atoms with Crippen LogP contribution in [0.1, 0.15) is 18.4 Å². The average Bonchev–Trinajstić information content (AvgIpc) is 3.43. The molecule has 162 valence electrons. The number of carbonyl (C=O) groups excluding carboxylic acids is 1. The molecule has 2 aliphatic rings. The molecule has 2 fully saturated rings. The molecule has 1 amide bonds. The van der Waals surface area contributed by atoms with Gasteiger partial charge in [-0.25, -0.2) is 13.4 Å². The monoisotopic (exact) mass is 451 g/mol. The molecule has 0 aliphatic carbocycles. The van der Waals surface area contributed by atoms with Gasteiger partial charge in [0.2, 0.25) is 5.91 Å². The zero-order valence-electron chi connectivity index (χ0n) is 17.0. The summed E-state index contributed by atoms with van der Waals surface area (Å²) in [5, 5.41) is 0.715. The second-order valence-corrected chi connectivity index (χ2v) is 10.1. The van der Waals surface area contributed by atoms with E-state index in [2.05, 4.69) is 16.8 Å². The van der Waals surface area contributed by atoms with Gasteiger partial charge in [-0.3, -0.25) is 4.79 Å². The Hall–Kier alpha value is -2.10. The third-order valence-electron chi connectivity index (χ3n) is 5.74. The van der Waals surface area contributed by atoms with Gasteiger partial charge < -0.3 is 14.4 Å². The molecule has 0 bridgehead atoms. The number of nitrogens with zero attached hydrogens (tertiary/aromatic N) is 5. The van der Waals surface area contributed by atoms with Crippen LogP contribution in [0, 0.1) is 6.92 Å². The Morgan fingerprint density at radius 1 is 1.10 bits per heavy atom. The van der Waals surface area contributed by atoms with E-state index in [9.17, 15) is 13.2 Å². The molecule has 3 heterocycles. The SMILES string of the molecule is Cc1ccc(Cl)cc1N1CCN(C(=O)Cn2cnc(S(=O)(=O)N3CCCC3)c2)CC1. The van der Waals surface area contributed by atoms with Gasteiger partial charge in [0.25, 0.3) is 10.0 Å². The van der Waals surface area contributed by atoms with Crippen LogP contribution in [-0.2, 0) is 21.4 Å². The van der Waals surface area contributed by atoms with Crippen LogP contribution in [0.15, 0.2) is 35.7 Å². The van der Waals surface area contributed by atoms with Gasteiger partial charge in [0.1, 0.15) is 6.54 Å². The summed E-state index contributed by atoms with van der Waals surface area (Å²) in [5.74, 6) is -0.0417. The zero-order chi connectivity index (χ0) is 21.3. The fourth-order valence-corrected chi connectivity index (χ4v) is 5.61. The van der Waals surface area contributed by atoms with E-state index in [1.54, 1.807) is 4.57 Å². The highest BCUT2D eigenvalue weighted by Crippen LogP contribution is 2.25. The van der Waals surface area contributed by atoms with Gasteiger partial charge in [0, 0.05) is 56.2 Å². The number of imidazole rings is 1. The number of aryl methyl sites for hydroxylation is 1. The van der Waals surface area contributed by atoms with Crippen molar-refractivity contribution < 1.29 is 13.2 Å². The predicted molar refractivity (Wildman–Crippen MR) is 115 cm³/mol. The number of amides is 1. The second-order valence-electron chi connectivity index (χ2n) is 7.79. The van der Waals surface area contributed by atoms with Crippen LogP contribution in [0.5, 0.6) is 0 Å². The average molecular weight is 452 g/mol. The van der Waals surface area contributed by atoms with Gasteiger partial charge in [-0.05, 0) is 37.5 Å². The van der Waals surface area contributed by atoms with Crippen molar-refractivity contribution in [2.24, 2.45) is 0 Å². The zero-order valence-corrected chi connectivity index (χ0v) is 18.6. The fraction of sp³-hybridized carbons (Fsp3) is 0.500. The second kappa shape index (κ2) is 8.56. The molecule has 1 aromatic carbocycles. The molecule has 2 aliphatic heterocycles. The Balaban J connectivity index is 1.35. The smallest absolute Gasteiger partial charge is 0.262 e. The van der Waals surface area contributed by atoms with Crippen molar-refractivity contribution in [2.75, 3.05) is 44.2 Å². The molecule has 0 unspecified atom stereocenters. The summed E-state index contributed by atoms with van der Waals surface area (Å²) in [6.07, 6.45) is 4.63. The van der Waals surface area contributed by atoms with Gasteiger partial charge in [0.15, 0.2) is 5.03 Å². The molecule has 4 rings (SSSR count). The van der Waals surface area contributed by atoms with Gasteiger partial charge in [0.05, 0.1) is 6.33 Å². The number of hydrogen-bond donors (Lipinski definition) is 0. The lowest BCUT2D eigenvalue weighted by Gasteiger charge is -2.37. The molecule has 0 N–H and O–H groups in total. The van der Waals surface area contributed by atoms with Crippen molar-refractivity contribution in [3.8, 4) is 0 Å². The Morgan fingerprint density at radius 3 is 2.50 bits per heavy atom. The largest absolute Gasteiger partial charge is 0.368 e. The van der Waals surface area contributed by atoms with Gasteiger partial charge >= 0.3 is 0 Å². The maximum atomic E-state index is 12.7. The summed E-state index contributed by atoms with van der Waals surface area (Å²) in [6.45, 7) is 5.87. The molecule has 10 heteroatoms. The molecule has 8 nitrogen and oxygen atoms in total. The van der Waals surface area contributed by atoms with E-state index < -0.39 is 10.0 Å². The van der Waals surface area contributed by atoms with Gasteiger partial charge in [-0.1, -0.05) is 17.7 Å². The summed E-state index contributed by atoms with van der Waals surface area (Å²) in [6, 6.07) is 5.84. The highest BCUT2D eigenvalue weighted by Gasteiger charge is 2.29. The molecular formula is C20H26ClN5O3S. The topological polar surface area (TPSA) is 78.8 Å². The first-order chi connectivity index (χ1) is 14.3.